The highest BCUT2D eigenvalue weighted by atomic mass is 16.3. The van der Waals surface area contributed by atoms with Crippen LogP contribution in [0.3, 0.4) is 0 Å². The van der Waals surface area contributed by atoms with Gasteiger partial charge in [-0.25, -0.2) is 4.98 Å². The van der Waals surface area contributed by atoms with Crippen molar-refractivity contribution < 1.29 is 9.21 Å². The van der Waals surface area contributed by atoms with E-state index in [4.69, 9.17) is 9.68 Å². The van der Waals surface area contributed by atoms with Gasteiger partial charge < -0.3 is 19.5 Å². The van der Waals surface area contributed by atoms with Crippen molar-refractivity contribution in [1.82, 2.24) is 14.9 Å². The standard InChI is InChI=1S/C20H18N6O2/c21-14-15-3-5-16(6-4-15)23-20-22-8-7-18(24-20)25-9-11-26(12-10-25)19(27)17-2-1-13-28-17/h1-8,13H,9-12H2,(H,22,23,24). The SMILES string of the molecule is N#Cc1ccc(Nc2nccc(N3CCN(C(=O)c4ccco4)CC3)n2)cc1. The van der Waals surface area contributed by atoms with Gasteiger partial charge in [-0.15, -0.1) is 0 Å². The molecule has 0 radical (unpaired) electrons. The fraction of sp³-hybridized carbons (Fsp3) is 0.200. The molecule has 0 spiro atoms. The summed E-state index contributed by atoms with van der Waals surface area (Å²) in [4.78, 5) is 25.1. The van der Waals surface area contributed by atoms with E-state index in [0.29, 0.717) is 43.5 Å². The Morgan fingerprint density at radius 3 is 2.57 bits per heavy atom. The van der Waals surface area contributed by atoms with E-state index >= 15 is 0 Å². The smallest absolute Gasteiger partial charge is 0.289 e. The van der Waals surface area contributed by atoms with E-state index in [0.717, 1.165) is 11.5 Å². The van der Waals surface area contributed by atoms with Gasteiger partial charge in [0, 0.05) is 38.1 Å². The van der Waals surface area contributed by atoms with Crippen molar-refractivity contribution in [2.24, 2.45) is 0 Å². The molecule has 2 aromatic heterocycles. The normalized spacial score (nSPS) is 13.8. The third-order valence-corrected chi connectivity index (χ3v) is 4.53. The number of anilines is 3. The number of hydrogen-bond acceptors (Lipinski definition) is 7. The second-order valence-electron chi connectivity index (χ2n) is 6.31. The number of amides is 1. The number of carbonyl (C=O) groups is 1. The maximum atomic E-state index is 12.4. The lowest BCUT2D eigenvalue weighted by Crippen LogP contribution is -2.49. The summed E-state index contributed by atoms with van der Waals surface area (Å²) in [5.74, 6) is 1.56. The molecule has 1 aliphatic rings. The third-order valence-electron chi connectivity index (χ3n) is 4.53. The van der Waals surface area contributed by atoms with Gasteiger partial charge in [0.05, 0.1) is 17.9 Å². The van der Waals surface area contributed by atoms with Crippen molar-refractivity contribution in [2.45, 2.75) is 0 Å². The van der Waals surface area contributed by atoms with Crippen LogP contribution in [0.5, 0.6) is 0 Å². The zero-order valence-corrected chi connectivity index (χ0v) is 15.1. The van der Waals surface area contributed by atoms with Crippen LogP contribution in [0.15, 0.2) is 59.3 Å². The van der Waals surface area contributed by atoms with E-state index in [9.17, 15) is 4.79 Å². The monoisotopic (exact) mass is 374 g/mol. The minimum absolute atomic E-state index is 0.0875. The lowest BCUT2D eigenvalue weighted by Gasteiger charge is -2.35. The number of nitrogens with one attached hydrogen (secondary N) is 1. The van der Waals surface area contributed by atoms with E-state index in [-0.39, 0.29) is 5.91 Å². The summed E-state index contributed by atoms with van der Waals surface area (Å²) in [6.07, 6.45) is 3.21. The molecule has 140 valence electrons. The molecule has 1 fully saturated rings. The molecule has 1 aliphatic heterocycles. The fourth-order valence-corrected chi connectivity index (χ4v) is 3.04. The molecule has 0 atom stereocenters. The van der Waals surface area contributed by atoms with E-state index in [1.807, 2.05) is 18.2 Å². The molecule has 0 unspecified atom stereocenters. The number of rotatable bonds is 4. The highest BCUT2D eigenvalue weighted by Gasteiger charge is 2.24. The van der Waals surface area contributed by atoms with Crippen LogP contribution < -0.4 is 10.2 Å². The minimum atomic E-state index is -0.0875. The highest BCUT2D eigenvalue weighted by Crippen LogP contribution is 2.19. The molecule has 8 nitrogen and oxygen atoms in total. The van der Waals surface area contributed by atoms with Crippen LogP contribution in [0.4, 0.5) is 17.5 Å². The molecule has 0 saturated carbocycles. The van der Waals surface area contributed by atoms with Crippen molar-refractivity contribution >= 4 is 23.4 Å². The molecule has 3 heterocycles. The first kappa shape index (κ1) is 17.5. The summed E-state index contributed by atoms with van der Waals surface area (Å²) < 4.78 is 5.20. The maximum Gasteiger partial charge on any atom is 0.289 e. The first-order chi connectivity index (χ1) is 13.7. The summed E-state index contributed by atoms with van der Waals surface area (Å²) in [6.45, 7) is 2.56. The lowest BCUT2D eigenvalue weighted by atomic mass is 10.2. The molecule has 1 N–H and O–H groups in total. The van der Waals surface area contributed by atoms with E-state index in [1.54, 1.807) is 35.4 Å². The average molecular weight is 374 g/mol. The number of aromatic nitrogens is 2. The van der Waals surface area contributed by atoms with Crippen LogP contribution in [0, 0.1) is 11.3 Å². The van der Waals surface area contributed by atoms with Crippen molar-refractivity contribution in [2.75, 3.05) is 36.4 Å². The number of benzene rings is 1. The zero-order chi connectivity index (χ0) is 19.3. The van der Waals surface area contributed by atoms with Crippen LogP contribution in [-0.4, -0.2) is 47.0 Å². The van der Waals surface area contributed by atoms with Crippen molar-refractivity contribution in [3.63, 3.8) is 0 Å². The van der Waals surface area contributed by atoms with Crippen molar-refractivity contribution in [1.29, 1.82) is 5.26 Å². The van der Waals surface area contributed by atoms with Gasteiger partial charge in [-0.2, -0.15) is 10.2 Å². The molecule has 28 heavy (non-hydrogen) atoms. The summed E-state index contributed by atoms with van der Waals surface area (Å²) >= 11 is 0. The Morgan fingerprint density at radius 1 is 1.11 bits per heavy atom. The molecule has 0 aliphatic carbocycles. The van der Waals surface area contributed by atoms with Crippen LogP contribution in [-0.2, 0) is 0 Å². The molecule has 0 bridgehead atoms. The predicted octanol–water partition coefficient (Wildman–Crippen LogP) is 2.65. The highest BCUT2D eigenvalue weighted by molar-refractivity contribution is 5.91. The van der Waals surface area contributed by atoms with Gasteiger partial charge in [-0.05, 0) is 42.5 Å². The Balaban J connectivity index is 1.39. The molecule has 8 heteroatoms. The largest absolute Gasteiger partial charge is 0.459 e. The van der Waals surface area contributed by atoms with E-state index in [2.05, 4.69) is 26.3 Å². The van der Waals surface area contributed by atoms with Gasteiger partial charge in [0.2, 0.25) is 5.95 Å². The number of carbonyl (C=O) groups excluding carboxylic acids is 1. The summed E-state index contributed by atoms with van der Waals surface area (Å²) in [6, 6.07) is 14.4. The van der Waals surface area contributed by atoms with Crippen molar-refractivity contribution in [3.8, 4) is 6.07 Å². The molecule has 4 rings (SSSR count). The van der Waals surface area contributed by atoms with Gasteiger partial charge in [0.1, 0.15) is 5.82 Å². The Hall–Kier alpha value is -3.86. The zero-order valence-electron chi connectivity index (χ0n) is 15.1. The van der Waals surface area contributed by atoms with Gasteiger partial charge in [0.15, 0.2) is 5.76 Å². The topological polar surface area (TPSA) is 98.3 Å². The lowest BCUT2D eigenvalue weighted by molar-refractivity contribution is 0.0714. The quantitative estimate of drug-likeness (QED) is 0.749. The van der Waals surface area contributed by atoms with Crippen molar-refractivity contribution in [3.05, 3.63) is 66.2 Å². The molecular weight excluding hydrogens is 356 g/mol. The maximum absolute atomic E-state index is 12.4. The minimum Gasteiger partial charge on any atom is -0.459 e. The van der Waals surface area contributed by atoms with E-state index in [1.165, 1.54) is 6.26 Å². The molecular formula is C20H18N6O2. The average Bonchev–Trinajstić information content (AvgIpc) is 3.29. The number of nitriles is 1. The molecule has 3 aromatic rings. The second kappa shape index (κ2) is 7.80. The van der Waals surface area contributed by atoms with Gasteiger partial charge in [-0.3, -0.25) is 4.79 Å². The summed E-state index contributed by atoms with van der Waals surface area (Å²) in [5.41, 5.74) is 1.41. The number of furan rings is 1. The van der Waals surface area contributed by atoms with E-state index < -0.39 is 0 Å². The second-order valence-corrected chi connectivity index (χ2v) is 6.31. The Labute approximate surface area is 162 Å². The van der Waals surface area contributed by atoms with Gasteiger partial charge >= 0.3 is 0 Å². The van der Waals surface area contributed by atoms with Crippen LogP contribution >= 0.6 is 0 Å². The molecule has 1 aromatic carbocycles. The number of nitrogens with zero attached hydrogens (tertiary/aromatic N) is 5. The fourth-order valence-electron chi connectivity index (χ4n) is 3.04. The Kier molecular flexibility index (Phi) is 4.89. The Bertz CT molecular complexity index is 986. The van der Waals surface area contributed by atoms with Crippen LogP contribution in [0.1, 0.15) is 16.1 Å². The summed E-state index contributed by atoms with van der Waals surface area (Å²) in [7, 11) is 0. The number of hydrogen-bond donors (Lipinski definition) is 1. The molecule has 1 amide bonds. The van der Waals surface area contributed by atoms with Crippen LogP contribution in [0.2, 0.25) is 0 Å². The first-order valence-corrected chi connectivity index (χ1v) is 8.91. The summed E-state index contributed by atoms with van der Waals surface area (Å²) in [5, 5.41) is 12.0. The van der Waals surface area contributed by atoms with Gasteiger partial charge in [0.25, 0.3) is 5.91 Å². The predicted molar refractivity (Wildman–Crippen MR) is 103 cm³/mol. The number of piperazine rings is 1. The first-order valence-electron chi connectivity index (χ1n) is 8.91. The molecule has 1 saturated heterocycles. The van der Waals surface area contributed by atoms with Gasteiger partial charge in [-0.1, -0.05) is 0 Å². The third kappa shape index (κ3) is 3.78. The Morgan fingerprint density at radius 2 is 1.89 bits per heavy atom. The van der Waals surface area contributed by atoms with Crippen LogP contribution in [0.25, 0.3) is 0 Å².